The molecule has 1 atom stereocenters. The van der Waals surface area contributed by atoms with E-state index in [0.29, 0.717) is 6.42 Å². The van der Waals surface area contributed by atoms with Crippen molar-refractivity contribution in [3.8, 4) is 11.5 Å². The predicted molar refractivity (Wildman–Crippen MR) is 74.8 cm³/mol. The summed E-state index contributed by atoms with van der Waals surface area (Å²) in [6.45, 7) is 1.54. The Morgan fingerprint density at radius 1 is 1.38 bits per heavy atom. The van der Waals surface area contributed by atoms with Gasteiger partial charge in [-0.05, 0) is 6.42 Å². The largest absolute Gasteiger partial charge is 0.493 e. The van der Waals surface area contributed by atoms with E-state index in [1.165, 1.54) is 20.3 Å². The number of nitrogens with one attached hydrogen (secondary N) is 1. The Kier molecular flexibility index (Phi) is 5.92. The summed E-state index contributed by atoms with van der Waals surface area (Å²) >= 11 is 0. The van der Waals surface area contributed by atoms with Crippen LogP contribution in [-0.2, 0) is 0 Å². The molecular weight excluding hydrogens is 280 g/mol. The number of methoxy groups -OCH3 is 2. The molecule has 0 aliphatic rings. The van der Waals surface area contributed by atoms with E-state index < -0.39 is 22.6 Å². The Morgan fingerprint density at radius 2 is 1.95 bits per heavy atom. The number of hydrogen-bond donors (Lipinski definition) is 2. The molecule has 0 heterocycles. The van der Waals surface area contributed by atoms with E-state index in [1.807, 2.05) is 0 Å². The molecule has 0 saturated heterocycles. The van der Waals surface area contributed by atoms with E-state index in [4.69, 9.17) is 14.6 Å². The first-order valence-electron chi connectivity index (χ1n) is 6.30. The molecule has 0 bridgehead atoms. The van der Waals surface area contributed by atoms with Gasteiger partial charge >= 0.3 is 0 Å². The Hall–Kier alpha value is -2.35. The van der Waals surface area contributed by atoms with Gasteiger partial charge in [0.05, 0.1) is 37.9 Å². The number of carbonyl (C=O) groups excluding carboxylic acids is 1. The molecule has 0 aliphatic carbocycles. The highest BCUT2D eigenvalue weighted by Crippen LogP contribution is 2.34. The molecule has 8 heteroatoms. The second-order valence-corrected chi connectivity index (χ2v) is 4.24. The molecule has 0 fully saturated rings. The summed E-state index contributed by atoms with van der Waals surface area (Å²) in [5, 5.41) is 22.7. The molecule has 1 rings (SSSR count). The van der Waals surface area contributed by atoms with Crippen molar-refractivity contribution in [2.24, 2.45) is 0 Å². The van der Waals surface area contributed by atoms with Crippen molar-refractivity contribution in [1.29, 1.82) is 0 Å². The van der Waals surface area contributed by atoms with Crippen LogP contribution in [0.5, 0.6) is 11.5 Å². The lowest BCUT2D eigenvalue weighted by Gasteiger charge is -2.15. The highest BCUT2D eigenvalue weighted by atomic mass is 16.6. The molecule has 116 valence electrons. The normalized spacial score (nSPS) is 11.6. The van der Waals surface area contributed by atoms with Gasteiger partial charge < -0.3 is 19.9 Å². The lowest BCUT2D eigenvalue weighted by atomic mass is 10.1. The lowest BCUT2D eigenvalue weighted by Crippen LogP contribution is -2.37. The monoisotopic (exact) mass is 298 g/mol. The number of ether oxygens (including phenoxy) is 2. The molecule has 0 unspecified atom stereocenters. The van der Waals surface area contributed by atoms with E-state index in [2.05, 4.69) is 5.32 Å². The van der Waals surface area contributed by atoms with Gasteiger partial charge in [-0.1, -0.05) is 6.92 Å². The predicted octanol–water partition coefficient (Wildman–Crippen LogP) is 1.11. The van der Waals surface area contributed by atoms with Crippen molar-refractivity contribution in [2.75, 3.05) is 20.8 Å². The fourth-order valence-electron chi connectivity index (χ4n) is 1.74. The Balaban J connectivity index is 3.26. The van der Waals surface area contributed by atoms with Crippen LogP contribution in [0.4, 0.5) is 5.69 Å². The number of nitro groups is 1. The average molecular weight is 298 g/mol. The van der Waals surface area contributed by atoms with Crippen LogP contribution in [-0.4, -0.2) is 42.8 Å². The number of nitrogens with zero attached hydrogens (tertiary/aromatic N) is 1. The van der Waals surface area contributed by atoms with Gasteiger partial charge in [-0.2, -0.15) is 0 Å². The Labute approximate surface area is 121 Å². The van der Waals surface area contributed by atoms with Crippen LogP contribution in [0.1, 0.15) is 23.7 Å². The third kappa shape index (κ3) is 3.82. The molecule has 1 aromatic carbocycles. The SMILES string of the molecule is CC[C@@H](CO)NC(=O)c1cc(OC)c(OC)cc1[N+](=O)[O-]. The van der Waals surface area contributed by atoms with Gasteiger partial charge in [0, 0.05) is 6.07 Å². The van der Waals surface area contributed by atoms with Gasteiger partial charge in [-0.15, -0.1) is 0 Å². The maximum atomic E-state index is 12.1. The minimum Gasteiger partial charge on any atom is -0.493 e. The van der Waals surface area contributed by atoms with Crippen LogP contribution in [0.15, 0.2) is 12.1 Å². The van der Waals surface area contributed by atoms with E-state index in [1.54, 1.807) is 6.92 Å². The average Bonchev–Trinajstić information content (AvgIpc) is 2.50. The first kappa shape index (κ1) is 16.7. The van der Waals surface area contributed by atoms with Gasteiger partial charge in [-0.3, -0.25) is 14.9 Å². The van der Waals surface area contributed by atoms with Gasteiger partial charge in [0.1, 0.15) is 5.56 Å². The van der Waals surface area contributed by atoms with Crippen LogP contribution >= 0.6 is 0 Å². The molecule has 1 amide bonds. The summed E-state index contributed by atoms with van der Waals surface area (Å²) < 4.78 is 10.0. The maximum Gasteiger partial charge on any atom is 0.286 e. The maximum absolute atomic E-state index is 12.1. The number of nitro benzene ring substituents is 1. The standard InChI is InChI=1S/C13H18N2O6/c1-4-8(7-16)14-13(17)9-5-11(20-2)12(21-3)6-10(9)15(18)19/h5-6,8,16H,4,7H2,1-3H3,(H,14,17)/t8-/m0/s1. The van der Waals surface area contributed by atoms with Crippen LogP contribution < -0.4 is 14.8 Å². The van der Waals surface area contributed by atoms with Crippen molar-refractivity contribution in [3.63, 3.8) is 0 Å². The van der Waals surface area contributed by atoms with Crippen molar-refractivity contribution >= 4 is 11.6 Å². The summed E-state index contributed by atoms with van der Waals surface area (Å²) in [5.41, 5.74) is -0.539. The second kappa shape index (κ2) is 7.44. The number of carbonyl (C=O) groups is 1. The van der Waals surface area contributed by atoms with Crippen LogP contribution in [0.2, 0.25) is 0 Å². The second-order valence-electron chi connectivity index (χ2n) is 4.24. The zero-order chi connectivity index (χ0) is 16.0. The summed E-state index contributed by atoms with van der Waals surface area (Å²) in [6, 6.07) is 1.91. The van der Waals surface area contributed by atoms with Gasteiger partial charge in [0.25, 0.3) is 11.6 Å². The van der Waals surface area contributed by atoms with Crippen LogP contribution in [0, 0.1) is 10.1 Å². The summed E-state index contributed by atoms with van der Waals surface area (Å²) in [4.78, 5) is 22.6. The molecule has 0 radical (unpaired) electrons. The minimum absolute atomic E-state index is 0.149. The molecular formula is C13H18N2O6. The number of aliphatic hydroxyl groups is 1. The zero-order valence-corrected chi connectivity index (χ0v) is 12.1. The van der Waals surface area contributed by atoms with Gasteiger partial charge in [-0.25, -0.2) is 0 Å². The minimum atomic E-state index is -0.670. The zero-order valence-electron chi connectivity index (χ0n) is 12.1. The smallest absolute Gasteiger partial charge is 0.286 e. The van der Waals surface area contributed by atoms with Gasteiger partial charge in [0.2, 0.25) is 0 Å². The molecule has 0 saturated carbocycles. The third-order valence-corrected chi connectivity index (χ3v) is 2.99. The van der Waals surface area contributed by atoms with Crippen molar-refractivity contribution < 1.29 is 24.3 Å². The van der Waals surface area contributed by atoms with E-state index in [9.17, 15) is 14.9 Å². The van der Waals surface area contributed by atoms with Crippen molar-refractivity contribution in [1.82, 2.24) is 5.32 Å². The fraction of sp³-hybridized carbons (Fsp3) is 0.462. The quantitative estimate of drug-likeness (QED) is 0.576. The highest BCUT2D eigenvalue weighted by Gasteiger charge is 2.25. The summed E-state index contributed by atoms with van der Waals surface area (Å²) in [5.74, 6) is -0.274. The molecule has 8 nitrogen and oxygen atoms in total. The Bertz CT molecular complexity index is 528. The molecule has 1 aromatic rings. The molecule has 0 aliphatic heterocycles. The van der Waals surface area contributed by atoms with Crippen molar-refractivity contribution in [3.05, 3.63) is 27.8 Å². The summed E-state index contributed by atoms with van der Waals surface area (Å²) in [6.07, 6.45) is 0.503. The number of aliphatic hydroxyl groups excluding tert-OH is 1. The number of amides is 1. The third-order valence-electron chi connectivity index (χ3n) is 2.99. The van der Waals surface area contributed by atoms with E-state index in [-0.39, 0.29) is 23.7 Å². The van der Waals surface area contributed by atoms with Gasteiger partial charge in [0.15, 0.2) is 11.5 Å². The number of hydrogen-bond acceptors (Lipinski definition) is 6. The molecule has 21 heavy (non-hydrogen) atoms. The lowest BCUT2D eigenvalue weighted by molar-refractivity contribution is -0.385. The number of rotatable bonds is 7. The summed E-state index contributed by atoms with van der Waals surface area (Å²) in [7, 11) is 2.72. The Morgan fingerprint density at radius 3 is 2.38 bits per heavy atom. The van der Waals surface area contributed by atoms with Crippen molar-refractivity contribution in [2.45, 2.75) is 19.4 Å². The first-order chi connectivity index (χ1) is 9.98. The molecule has 2 N–H and O–H groups in total. The van der Waals surface area contributed by atoms with E-state index >= 15 is 0 Å². The topological polar surface area (TPSA) is 111 Å². The number of benzene rings is 1. The first-order valence-corrected chi connectivity index (χ1v) is 6.30. The molecule has 0 aromatic heterocycles. The fourth-order valence-corrected chi connectivity index (χ4v) is 1.74. The van der Waals surface area contributed by atoms with E-state index in [0.717, 1.165) is 6.07 Å². The van der Waals surface area contributed by atoms with Crippen LogP contribution in [0.25, 0.3) is 0 Å². The highest BCUT2D eigenvalue weighted by molar-refractivity contribution is 5.99. The molecule has 0 spiro atoms. The van der Waals surface area contributed by atoms with Crippen LogP contribution in [0.3, 0.4) is 0 Å².